The molecule has 1 unspecified atom stereocenters. The second-order valence-electron chi connectivity index (χ2n) is 2.93. The molecule has 1 aliphatic rings. The van der Waals surface area contributed by atoms with Gasteiger partial charge in [0, 0.05) is 6.54 Å². The van der Waals surface area contributed by atoms with Crippen molar-refractivity contribution in [2.24, 2.45) is 5.73 Å². The lowest BCUT2D eigenvalue weighted by Crippen LogP contribution is -2.14. The van der Waals surface area contributed by atoms with Crippen molar-refractivity contribution < 1.29 is 13.2 Å². The lowest BCUT2D eigenvalue weighted by molar-refractivity contribution is -0.147. The minimum absolute atomic E-state index is 0.229. The number of fused-ring (bicyclic) bond motifs is 1. The van der Waals surface area contributed by atoms with Crippen molar-refractivity contribution in [2.45, 2.75) is 25.2 Å². The maximum atomic E-state index is 12.2. The van der Waals surface area contributed by atoms with Crippen molar-refractivity contribution in [3.05, 3.63) is 11.6 Å². The van der Waals surface area contributed by atoms with Gasteiger partial charge in [0.2, 0.25) is 5.82 Å². The summed E-state index contributed by atoms with van der Waals surface area (Å²) in [5.41, 5.74) is 5.51. The largest absolute Gasteiger partial charge is 0.451 e. The summed E-state index contributed by atoms with van der Waals surface area (Å²) in [6.07, 6.45) is -3.94. The second-order valence-corrected chi connectivity index (χ2v) is 2.93. The molecule has 4 nitrogen and oxygen atoms in total. The van der Waals surface area contributed by atoms with Crippen LogP contribution in [-0.4, -0.2) is 14.8 Å². The molecule has 2 N–H and O–H groups in total. The van der Waals surface area contributed by atoms with Gasteiger partial charge in [-0.25, -0.2) is 0 Å². The summed E-state index contributed by atoms with van der Waals surface area (Å²) in [5.74, 6) is -0.720. The van der Waals surface area contributed by atoms with Gasteiger partial charge in [0.25, 0.3) is 0 Å². The average Bonchev–Trinajstić information content (AvgIpc) is 2.51. The Morgan fingerprint density at radius 1 is 1.38 bits per heavy atom. The quantitative estimate of drug-likeness (QED) is 0.658. The Balaban J connectivity index is 2.47. The molecular formula is C6H7F3N4. The Kier molecular flexibility index (Phi) is 1.59. The molecule has 1 aliphatic heterocycles. The Bertz CT molecular complexity index is 329. The molecule has 1 aromatic heterocycles. The fraction of sp³-hybridized carbons (Fsp3) is 0.667. The van der Waals surface area contributed by atoms with Crippen molar-refractivity contribution in [1.82, 2.24) is 14.8 Å². The van der Waals surface area contributed by atoms with E-state index in [2.05, 4.69) is 10.2 Å². The third kappa shape index (κ3) is 1.19. The molecule has 1 aromatic rings. The molecule has 0 spiro atoms. The van der Waals surface area contributed by atoms with E-state index in [0.717, 1.165) is 4.57 Å². The molecule has 2 heterocycles. The van der Waals surface area contributed by atoms with Crippen LogP contribution in [0, 0.1) is 0 Å². The molecule has 0 radical (unpaired) electrons. The zero-order chi connectivity index (χ0) is 9.64. The maximum Gasteiger partial charge on any atom is 0.451 e. The van der Waals surface area contributed by atoms with Gasteiger partial charge in [0.05, 0.1) is 6.04 Å². The molecular weight excluding hydrogens is 185 g/mol. The summed E-state index contributed by atoms with van der Waals surface area (Å²) in [4.78, 5) is 0. The number of nitrogens with two attached hydrogens (primary N) is 1. The molecule has 0 aromatic carbocycles. The minimum atomic E-state index is -4.44. The lowest BCUT2D eigenvalue weighted by atomic mass is 10.3. The van der Waals surface area contributed by atoms with Gasteiger partial charge >= 0.3 is 6.18 Å². The summed E-state index contributed by atoms with van der Waals surface area (Å²) >= 11 is 0. The predicted octanol–water partition coefficient (Wildman–Crippen LogP) is 0.700. The number of hydrogen-bond acceptors (Lipinski definition) is 3. The molecule has 0 bridgehead atoms. The van der Waals surface area contributed by atoms with Crippen LogP contribution in [0.3, 0.4) is 0 Å². The zero-order valence-corrected chi connectivity index (χ0v) is 6.54. The highest BCUT2D eigenvalue weighted by Crippen LogP contribution is 2.32. The SMILES string of the molecule is NC1CCn2c1nnc2C(F)(F)F. The number of halogens is 3. The van der Waals surface area contributed by atoms with Crippen LogP contribution < -0.4 is 5.73 Å². The molecule has 13 heavy (non-hydrogen) atoms. The fourth-order valence-electron chi connectivity index (χ4n) is 1.42. The van der Waals surface area contributed by atoms with Crippen LogP contribution in [0.25, 0.3) is 0 Å². The predicted molar refractivity (Wildman–Crippen MR) is 36.6 cm³/mol. The first-order valence-corrected chi connectivity index (χ1v) is 3.76. The van der Waals surface area contributed by atoms with Crippen molar-refractivity contribution in [3.8, 4) is 0 Å². The third-order valence-corrected chi connectivity index (χ3v) is 2.03. The molecule has 72 valence electrons. The van der Waals surface area contributed by atoms with Crippen LogP contribution in [0.15, 0.2) is 0 Å². The second kappa shape index (κ2) is 2.44. The maximum absolute atomic E-state index is 12.2. The first-order chi connectivity index (χ1) is 6.00. The standard InChI is InChI=1S/C6H7F3N4/c7-6(8,9)5-12-11-4-3(10)1-2-13(4)5/h3H,1-2,10H2. The monoisotopic (exact) mass is 192 g/mol. The Hall–Kier alpha value is -1.11. The normalized spacial score (nSPS) is 22.0. The third-order valence-electron chi connectivity index (χ3n) is 2.03. The first kappa shape index (κ1) is 8.49. The first-order valence-electron chi connectivity index (χ1n) is 3.76. The molecule has 0 saturated heterocycles. The topological polar surface area (TPSA) is 56.7 Å². The Morgan fingerprint density at radius 3 is 2.69 bits per heavy atom. The molecule has 2 rings (SSSR count). The molecule has 0 saturated carbocycles. The van der Waals surface area contributed by atoms with E-state index in [-0.39, 0.29) is 12.4 Å². The van der Waals surface area contributed by atoms with Gasteiger partial charge in [-0.15, -0.1) is 10.2 Å². The van der Waals surface area contributed by atoms with Crippen LogP contribution in [-0.2, 0) is 12.7 Å². The number of hydrogen-bond donors (Lipinski definition) is 1. The van der Waals surface area contributed by atoms with E-state index in [4.69, 9.17) is 5.73 Å². The van der Waals surface area contributed by atoms with Crippen LogP contribution in [0.1, 0.15) is 24.1 Å². The molecule has 7 heteroatoms. The molecule has 0 fully saturated rings. The highest BCUT2D eigenvalue weighted by molar-refractivity contribution is 5.07. The molecule has 1 atom stereocenters. The lowest BCUT2D eigenvalue weighted by Gasteiger charge is -2.05. The van der Waals surface area contributed by atoms with Crippen molar-refractivity contribution in [1.29, 1.82) is 0 Å². The summed E-state index contributed by atoms with van der Waals surface area (Å²) in [5, 5.41) is 6.48. The van der Waals surface area contributed by atoms with E-state index in [9.17, 15) is 13.2 Å². The van der Waals surface area contributed by atoms with Gasteiger partial charge < -0.3 is 10.3 Å². The number of rotatable bonds is 0. The van der Waals surface area contributed by atoms with E-state index in [1.54, 1.807) is 0 Å². The van der Waals surface area contributed by atoms with E-state index in [1.165, 1.54) is 0 Å². The minimum Gasteiger partial charge on any atom is -0.321 e. The van der Waals surface area contributed by atoms with Crippen molar-refractivity contribution >= 4 is 0 Å². The van der Waals surface area contributed by atoms with Crippen LogP contribution >= 0.6 is 0 Å². The number of nitrogens with zero attached hydrogens (tertiary/aromatic N) is 3. The zero-order valence-electron chi connectivity index (χ0n) is 6.54. The van der Waals surface area contributed by atoms with Crippen molar-refractivity contribution in [2.75, 3.05) is 0 Å². The molecule has 0 amide bonds. The smallest absolute Gasteiger partial charge is 0.321 e. The van der Waals surface area contributed by atoms with Crippen LogP contribution in [0.5, 0.6) is 0 Å². The summed E-state index contributed by atoms with van der Waals surface area (Å²) in [6, 6.07) is -0.413. The average molecular weight is 192 g/mol. The van der Waals surface area contributed by atoms with E-state index < -0.39 is 18.0 Å². The Morgan fingerprint density at radius 2 is 2.08 bits per heavy atom. The number of alkyl halides is 3. The van der Waals surface area contributed by atoms with Gasteiger partial charge in [-0.2, -0.15) is 13.2 Å². The summed E-state index contributed by atoms with van der Waals surface area (Å²) in [6.45, 7) is 0.248. The van der Waals surface area contributed by atoms with Gasteiger partial charge in [-0.05, 0) is 6.42 Å². The summed E-state index contributed by atoms with van der Waals surface area (Å²) in [7, 11) is 0. The highest BCUT2D eigenvalue weighted by Gasteiger charge is 2.40. The Labute approximate surface area is 71.5 Å². The van der Waals surface area contributed by atoms with Gasteiger partial charge in [-0.3, -0.25) is 0 Å². The summed E-state index contributed by atoms with van der Waals surface area (Å²) < 4.78 is 37.8. The van der Waals surface area contributed by atoms with Gasteiger partial charge in [0.15, 0.2) is 0 Å². The van der Waals surface area contributed by atoms with E-state index >= 15 is 0 Å². The van der Waals surface area contributed by atoms with Crippen LogP contribution in [0.4, 0.5) is 13.2 Å². The van der Waals surface area contributed by atoms with Crippen LogP contribution in [0.2, 0.25) is 0 Å². The highest BCUT2D eigenvalue weighted by atomic mass is 19.4. The van der Waals surface area contributed by atoms with Gasteiger partial charge in [0.1, 0.15) is 5.82 Å². The van der Waals surface area contributed by atoms with E-state index in [1.807, 2.05) is 0 Å². The van der Waals surface area contributed by atoms with E-state index in [0.29, 0.717) is 6.42 Å². The molecule has 0 aliphatic carbocycles. The van der Waals surface area contributed by atoms with Gasteiger partial charge in [-0.1, -0.05) is 0 Å². The number of aromatic nitrogens is 3. The van der Waals surface area contributed by atoms with Crippen molar-refractivity contribution in [3.63, 3.8) is 0 Å². The fourth-order valence-corrected chi connectivity index (χ4v) is 1.42.